The molecule has 0 aliphatic heterocycles. The lowest BCUT2D eigenvalue weighted by Crippen LogP contribution is -2.31. The van der Waals surface area contributed by atoms with Crippen molar-refractivity contribution < 1.29 is 27.8 Å². The van der Waals surface area contributed by atoms with Crippen LogP contribution in [-0.2, 0) is 30.8 Å². The molecule has 2 aromatic rings. The van der Waals surface area contributed by atoms with Crippen molar-refractivity contribution in [1.29, 1.82) is 0 Å². The summed E-state index contributed by atoms with van der Waals surface area (Å²) < 4.78 is 32.1. The molecule has 2 aliphatic rings. The number of rotatable bonds is 13. The highest BCUT2D eigenvalue weighted by molar-refractivity contribution is 7.79. The summed E-state index contributed by atoms with van der Waals surface area (Å²) in [4.78, 5) is 26.4. The van der Waals surface area contributed by atoms with E-state index in [9.17, 15) is 13.8 Å². The van der Waals surface area contributed by atoms with Crippen LogP contribution in [0.25, 0.3) is 0 Å². The lowest BCUT2D eigenvalue weighted by Gasteiger charge is -2.23. The molecule has 3 N–H and O–H groups in total. The molecule has 2 aromatic carbocycles. The van der Waals surface area contributed by atoms with Crippen LogP contribution in [0.1, 0.15) is 89.4 Å². The number of benzene rings is 2. The lowest BCUT2D eigenvalue weighted by atomic mass is 9.86. The van der Waals surface area contributed by atoms with Crippen molar-refractivity contribution in [1.82, 2.24) is 5.32 Å². The average Bonchev–Trinajstić information content (AvgIpc) is 3.27. The molecule has 244 valence electrons. The first-order chi connectivity index (χ1) is 21.6. The Hall–Kier alpha value is -3.43. The number of carbonyl (C=O) groups excluding carboxylic acids is 2. The summed E-state index contributed by atoms with van der Waals surface area (Å²) in [6, 6.07) is 15.4. The highest BCUT2D eigenvalue weighted by Crippen LogP contribution is 2.30. The van der Waals surface area contributed by atoms with E-state index in [-0.39, 0.29) is 28.9 Å². The zero-order chi connectivity index (χ0) is 32.2. The van der Waals surface area contributed by atoms with E-state index in [0.717, 1.165) is 23.5 Å². The largest absolute Gasteiger partial charge is 0.493 e. The Balaban J connectivity index is 1.42. The highest BCUT2D eigenvalue weighted by Gasteiger charge is 2.26. The third-order valence-corrected chi connectivity index (χ3v) is 8.99. The van der Waals surface area contributed by atoms with Crippen molar-refractivity contribution in [3.05, 3.63) is 83.6 Å². The van der Waals surface area contributed by atoms with E-state index in [4.69, 9.17) is 14.0 Å². The fourth-order valence-corrected chi connectivity index (χ4v) is 5.99. The molecule has 4 rings (SSSR count). The van der Waals surface area contributed by atoms with E-state index in [1.54, 1.807) is 12.2 Å². The van der Waals surface area contributed by atoms with E-state index < -0.39 is 17.2 Å². The molecule has 1 fully saturated rings. The van der Waals surface area contributed by atoms with Crippen LogP contribution >= 0.6 is 0 Å². The Labute approximate surface area is 270 Å². The Morgan fingerprint density at radius 2 is 1.71 bits per heavy atom. The molecule has 8 nitrogen and oxygen atoms in total. The van der Waals surface area contributed by atoms with Crippen LogP contribution in [0.15, 0.2) is 72.5 Å². The molecule has 3 atom stereocenters. The topological polar surface area (TPSA) is 114 Å². The van der Waals surface area contributed by atoms with Gasteiger partial charge in [0.25, 0.3) is 5.91 Å². The van der Waals surface area contributed by atoms with Gasteiger partial charge in [0.2, 0.25) is 12.0 Å². The summed E-state index contributed by atoms with van der Waals surface area (Å²) >= 11 is -1.87. The molecule has 1 saturated carbocycles. The van der Waals surface area contributed by atoms with Crippen LogP contribution in [-0.4, -0.2) is 39.5 Å². The predicted octanol–water partition coefficient (Wildman–Crippen LogP) is 7.22. The summed E-state index contributed by atoms with van der Waals surface area (Å²) in [5.41, 5.74) is 2.50. The second kappa shape index (κ2) is 16.8. The summed E-state index contributed by atoms with van der Waals surface area (Å²) in [6.07, 6.45) is 12.5. The molecule has 2 amide bonds. The van der Waals surface area contributed by atoms with Crippen LogP contribution in [0.4, 0.5) is 5.69 Å². The molecule has 0 radical (unpaired) electrons. The first-order valence-electron chi connectivity index (χ1n) is 16.1. The first-order valence-corrected chi connectivity index (χ1v) is 17.4. The van der Waals surface area contributed by atoms with E-state index >= 15 is 0 Å². The molecule has 3 unspecified atom stereocenters. The van der Waals surface area contributed by atoms with Gasteiger partial charge < -0.3 is 24.7 Å². The standard InChI is InChI=1S/C36H48N2O6S/c1-36(2,3)29-16-13-27(14-17-29)33(44-32-12-7-11-28(15-20-32)34(39)37-23-8-24-45(41)42)35(40)38-30-18-21-31(22-19-30)43-25-26-9-5-4-6-10-26/h12-22,26,28,33H,4-11,23-25H2,1-3H3,(H,37,39)(H,38,40)(H,41,42). The van der Waals surface area contributed by atoms with Gasteiger partial charge in [-0.05, 0) is 85.4 Å². The van der Waals surface area contributed by atoms with Crippen molar-refractivity contribution in [2.45, 2.75) is 83.7 Å². The van der Waals surface area contributed by atoms with Gasteiger partial charge in [-0.2, -0.15) is 0 Å². The molecule has 0 spiro atoms. The van der Waals surface area contributed by atoms with Crippen LogP contribution in [0.2, 0.25) is 0 Å². The maximum atomic E-state index is 13.7. The number of allylic oxidation sites excluding steroid dienone is 2. The minimum absolute atomic E-state index is 0.0325. The number of ether oxygens (including phenoxy) is 2. The monoisotopic (exact) mass is 636 g/mol. The molecule has 0 bridgehead atoms. The van der Waals surface area contributed by atoms with E-state index in [0.29, 0.717) is 43.2 Å². The van der Waals surface area contributed by atoms with Gasteiger partial charge in [-0.3, -0.25) is 9.59 Å². The summed E-state index contributed by atoms with van der Waals surface area (Å²) in [7, 11) is 0. The summed E-state index contributed by atoms with van der Waals surface area (Å²) in [5, 5.41) is 5.85. The molecule has 0 heterocycles. The van der Waals surface area contributed by atoms with Crippen molar-refractivity contribution in [3.63, 3.8) is 0 Å². The lowest BCUT2D eigenvalue weighted by molar-refractivity contribution is -0.125. The third kappa shape index (κ3) is 11.2. The minimum atomic E-state index is -1.87. The maximum Gasteiger partial charge on any atom is 0.270 e. The number of amides is 2. The van der Waals surface area contributed by atoms with Crippen molar-refractivity contribution in [3.8, 4) is 5.75 Å². The van der Waals surface area contributed by atoms with Crippen LogP contribution in [0, 0.1) is 11.8 Å². The van der Waals surface area contributed by atoms with Gasteiger partial charge in [-0.15, -0.1) is 0 Å². The van der Waals surface area contributed by atoms with E-state index in [1.807, 2.05) is 54.6 Å². The van der Waals surface area contributed by atoms with Crippen LogP contribution < -0.4 is 15.4 Å². The SMILES string of the molecule is CC(C)(C)c1ccc(C(OC2=CCCC(C(=O)NCCCS(=O)O)C=C2)C(=O)Nc2ccc(OCC3CCCCC3)cc2)cc1. The van der Waals surface area contributed by atoms with Gasteiger partial charge >= 0.3 is 0 Å². The maximum absolute atomic E-state index is 13.7. The average molecular weight is 637 g/mol. The molecular weight excluding hydrogens is 588 g/mol. The second-order valence-corrected chi connectivity index (χ2v) is 14.1. The number of nitrogens with one attached hydrogen (secondary N) is 2. The molecule has 45 heavy (non-hydrogen) atoms. The molecular formula is C36H48N2O6S. The first kappa shape index (κ1) is 34.4. The number of carbonyl (C=O) groups is 2. The summed E-state index contributed by atoms with van der Waals surface area (Å²) in [6.45, 7) is 7.50. The van der Waals surface area contributed by atoms with Crippen LogP contribution in [0.5, 0.6) is 5.75 Å². The number of hydrogen-bond donors (Lipinski definition) is 3. The van der Waals surface area contributed by atoms with Crippen molar-refractivity contribution in [2.24, 2.45) is 11.8 Å². The summed E-state index contributed by atoms with van der Waals surface area (Å²) in [5.74, 6) is 1.25. The third-order valence-electron chi connectivity index (χ3n) is 8.35. The molecule has 0 saturated heterocycles. The van der Waals surface area contributed by atoms with Gasteiger partial charge in [0.05, 0.1) is 18.3 Å². The number of anilines is 1. The van der Waals surface area contributed by atoms with E-state index in [1.165, 1.54) is 32.1 Å². The Kier molecular flexibility index (Phi) is 12.8. The van der Waals surface area contributed by atoms with Crippen molar-refractivity contribution >= 4 is 28.6 Å². The van der Waals surface area contributed by atoms with Gasteiger partial charge in [-0.1, -0.05) is 70.4 Å². The van der Waals surface area contributed by atoms with Gasteiger partial charge in [0.15, 0.2) is 11.1 Å². The normalized spacial score (nSPS) is 18.7. The smallest absolute Gasteiger partial charge is 0.270 e. The Morgan fingerprint density at radius 3 is 2.38 bits per heavy atom. The van der Waals surface area contributed by atoms with E-state index in [2.05, 4.69) is 31.4 Å². The van der Waals surface area contributed by atoms with Crippen LogP contribution in [0.3, 0.4) is 0 Å². The fourth-order valence-electron chi connectivity index (χ4n) is 5.60. The van der Waals surface area contributed by atoms with Gasteiger partial charge in [-0.25, -0.2) is 4.21 Å². The van der Waals surface area contributed by atoms with Crippen molar-refractivity contribution in [2.75, 3.05) is 24.2 Å². The predicted molar refractivity (Wildman–Crippen MR) is 179 cm³/mol. The number of hydrogen-bond acceptors (Lipinski definition) is 5. The molecule has 2 aliphatic carbocycles. The zero-order valence-corrected chi connectivity index (χ0v) is 27.6. The Morgan fingerprint density at radius 1 is 1.00 bits per heavy atom. The van der Waals surface area contributed by atoms with Gasteiger partial charge in [0, 0.05) is 17.8 Å². The molecule has 9 heteroatoms. The fraction of sp³-hybridized carbons (Fsp3) is 0.500. The quantitative estimate of drug-likeness (QED) is 0.158. The van der Waals surface area contributed by atoms with Gasteiger partial charge in [0.1, 0.15) is 11.5 Å². The zero-order valence-electron chi connectivity index (χ0n) is 26.8. The second-order valence-electron chi connectivity index (χ2n) is 13.0. The Bertz CT molecular complexity index is 1340. The highest BCUT2D eigenvalue weighted by atomic mass is 32.2. The molecule has 0 aromatic heterocycles. The minimum Gasteiger partial charge on any atom is -0.493 e.